The summed E-state index contributed by atoms with van der Waals surface area (Å²) in [5.41, 5.74) is 0. The van der Waals surface area contributed by atoms with Crippen molar-refractivity contribution in [3.05, 3.63) is 16.3 Å². The first-order valence-electron chi connectivity index (χ1n) is 4.01. The molecule has 0 aliphatic carbocycles. The van der Waals surface area contributed by atoms with Crippen LogP contribution in [0.3, 0.4) is 0 Å². The molecule has 0 aliphatic heterocycles. The molecule has 0 bridgehead atoms. The first-order chi connectivity index (χ1) is 8.19. The van der Waals surface area contributed by atoms with Gasteiger partial charge in [0.15, 0.2) is 8.68 Å². The third kappa shape index (κ3) is 2.95. The molecule has 0 saturated heterocycles. The lowest BCUT2D eigenvalue weighted by Gasteiger charge is -1.86. The second-order valence-electron chi connectivity index (χ2n) is 2.46. The van der Waals surface area contributed by atoms with Crippen LogP contribution < -0.4 is 5.32 Å². The average molecular weight is 289 g/mol. The van der Waals surface area contributed by atoms with Gasteiger partial charge in [0.25, 0.3) is 0 Å². The van der Waals surface area contributed by atoms with Crippen LogP contribution in [-0.2, 0) is 4.79 Å². The van der Waals surface area contributed by atoms with Crippen molar-refractivity contribution < 1.29 is 9.72 Å². The summed E-state index contributed by atoms with van der Waals surface area (Å²) in [6.45, 7) is 0. The molecule has 0 aromatic carbocycles. The summed E-state index contributed by atoms with van der Waals surface area (Å²) in [7, 11) is 0. The lowest BCUT2D eigenvalue weighted by molar-refractivity contribution is -0.380. The van der Waals surface area contributed by atoms with Gasteiger partial charge in [-0.05, 0) is 23.1 Å². The molecule has 2 rings (SSSR count). The van der Waals surface area contributed by atoms with Crippen molar-refractivity contribution in [2.24, 2.45) is 0 Å². The van der Waals surface area contributed by atoms with E-state index < -0.39 is 4.92 Å². The molecule has 17 heavy (non-hydrogen) atoms. The minimum absolute atomic E-state index is 0.0248. The van der Waals surface area contributed by atoms with Gasteiger partial charge in [-0.3, -0.25) is 14.9 Å². The summed E-state index contributed by atoms with van der Waals surface area (Å²) in [4.78, 5) is 24.0. The molecule has 0 fully saturated rings. The Morgan fingerprint density at radius 2 is 2.24 bits per heavy atom. The van der Waals surface area contributed by atoms with Gasteiger partial charge < -0.3 is 5.32 Å². The fourth-order valence-corrected chi connectivity index (χ4v) is 3.51. The maximum Gasteiger partial charge on any atom is 0.344 e. The molecular weight excluding hydrogens is 286 g/mol. The zero-order valence-electron chi connectivity index (χ0n) is 7.89. The van der Waals surface area contributed by atoms with Crippen molar-refractivity contribution >= 4 is 51.0 Å². The Labute approximate surface area is 106 Å². The van der Waals surface area contributed by atoms with Crippen LogP contribution in [0.1, 0.15) is 0 Å². The lowest BCUT2D eigenvalue weighted by atomic mass is 10.9. The van der Waals surface area contributed by atoms with Gasteiger partial charge in [-0.25, -0.2) is 4.98 Å². The van der Waals surface area contributed by atoms with Crippen LogP contribution in [0, 0.1) is 10.1 Å². The summed E-state index contributed by atoms with van der Waals surface area (Å²) in [5, 5.41) is 20.6. The zero-order valence-corrected chi connectivity index (χ0v) is 10.3. The van der Waals surface area contributed by atoms with E-state index in [9.17, 15) is 14.9 Å². The third-order valence-corrected chi connectivity index (χ3v) is 4.34. The fourth-order valence-electron chi connectivity index (χ4n) is 0.816. The van der Waals surface area contributed by atoms with Crippen LogP contribution in [-0.4, -0.2) is 26.5 Å². The van der Waals surface area contributed by atoms with Crippen molar-refractivity contribution in [3.63, 3.8) is 0 Å². The fraction of sp³-hybridized carbons (Fsp3) is 0. The van der Waals surface area contributed by atoms with Crippen LogP contribution in [0.4, 0.5) is 10.1 Å². The average Bonchev–Trinajstić information content (AvgIpc) is 2.89. The van der Waals surface area contributed by atoms with Gasteiger partial charge >= 0.3 is 5.00 Å². The predicted octanol–water partition coefficient (Wildman–Crippen LogP) is 1.62. The van der Waals surface area contributed by atoms with E-state index in [4.69, 9.17) is 0 Å². The lowest BCUT2D eigenvalue weighted by Crippen LogP contribution is -1.91. The highest BCUT2D eigenvalue weighted by Gasteiger charge is 2.14. The quantitative estimate of drug-likeness (QED) is 0.385. The number of nitrogens with one attached hydrogen (secondary N) is 1. The van der Waals surface area contributed by atoms with Gasteiger partial charge in [0.05, 0.1) is 4.92 Å². The highest BCUT2D eigenvalue weighted by molar-refractivity contribution is 8.02. The molecular formula is C6H3N5O3S3. The van der Waals surface area contributed by atoms with Gasteiger partial charge in [0.1, 0.15) is 6.20 Å². The van der Waals surface area contributed by atoms with Gasteiger partial charge in [-0.1, -0.05) is 11.3 Å². The number of nitro groups is 1. The first kappa shape index (κ1) is 11.9. The minimum Gasteiger partial charge on any atom is -0.303 e. The van der Waals surface area contributed by atoms with Gasteiger partial charge in [-0.15, -0.1) is 10.2 Å². The number of thiazole rings is 1. The van der Waals surface area contributed by atoms with E-state index in [0.29, 0.717) is 20.2 Å². The molecule has 0 atom stereocenters. The Morgan fingerprint density at radius 1 is 1.41 bits per heavy atom. The number of amides is 1. The number of carbonyl (C=O) groups excluding carboxylic acids is 1. The van der Waals surface area contributed by atoms with E-state index in [1.165, 1.54) is 17.5 Å². The molecule has 1 N–H and O–H groups in total. The second-order valence-corrected chi connectivity index (χ2v) is 5.94. The summed E-state index contributed by atoms with van der Waals surface area (Å²) in [5.74, 6) is 0. The van der Waals surface area contributed by atoms with Crippen molar-refractivity contribution in [2.75, 3.05) is 5.32 Å². The summed E-state index contributed by atoms with van der Waals surface area (Å²) in [6, 6.07) is 0. The summed E-state index contributed by atoms with van der Waals surface area (Å²) < 4.78 is 1.06. The van der Waals surface area contributed by atoms with Crippen molar-refractivity contribution in [1.29, 1.82) is 0 Å². The predicted molar refractivity (Wildman–Crippen MR) is 62.5 cm³/mol. The van der Waals surface area contributed by atoms with Crippen molar-refractivity contribution in [1.82, 2.24) is 15.2 Å². The largest absolute Gasteiger partial charge is 0.344 e. The van der Waals surface area contributed by atoms with Crippen LogP contribution in [0.2, 0.25) is 0 Å². The maximum atomic E-state index is 10.4. The number of hydrogen-bond acceptors (Lipinski definition) is 9. The Bertz CT molecular complexity index is 553. The number of carbonyl (C=O) groups is 1. The van der Waals surface area contributed by atoms with E-state index in [0.717, 1.165) is 23.1 Å². The molecule has 0 spiro atoms. The summed E-state index contributed by atoms with van der Waals surface area (Å²) >= 11 is 3.29. The second kappa shape index (κ2) is 5.16. The Morgan fingerprint density at radius 3 is 2.88 bits per heavy atom. The Balaban J connectivity index is 2.08. The molecule has 8 nitrogen and oxygen atoms in total. The van der Waals surface area contributed by atoms with E-state index in [1.54, 1.807) is 0 Å². The van der Waals surface area contributed by atoms with E-state index in [1.807, 2.05) is 0 Å². The van der Waals surface area contributed by atoms with Crippen molar-refractivity contribution in [2.45, 2.75) is 8.68 Å². The molecule has 11 heteroatoms. The summed E-state index contributed by atoms with van der Waals surface area (Å²) in [6.07, 6.45) is 1.70. The number of anilines is 1. The normalized spacial score (nSPS) is 10.1. The SMILES string of the molecule is O=CNc1nnc(Sc2ncc([N+](=O)[O-])s2)s1. The Kier molecular flexibility index (Phi) is 3.61. The van der Waals surface area contributed by atoms with Crippen molar-refractivity contribution in [3.8, 4) is 0 Å². The number of aromatic nitrogens is 3. The first-order valence-corrected chi connectivity index (χ1v) is 6.46. The number of rotatable bonds is 5. The Hall–Kier alpha value is -1.59. The molecule has 0 radical (unpaired) electrons. The standard InChI is InChI=1S/C6H3N5O3S3/c12-2-8-4-9-10-6(16-4)17-5-7-1-3(15-5)11(13)14/h1-2H,(H,8,9,12). The highest BCUT2D eigenvalue weighted by Crippen LogP contribution is 2.36. The van der Waals surface area contributed by atoms with Crippen LogP contribution in [0.15, 0.2) is 14.9 Å². The van der Waals surface area contributed by atoms with Crippen LogP contribution in [0.25, 0.3) is 0 Å². The molecule has 2 heterocycles. The van der Waals surface area contributed by atoms with Gasteiger partial charge in [0.2, 0.25) is 11.5 Å². The maximum absolute atomic E-state index is 10.4. The third-order valence-electron chi connectivity index (χ3n) is 1.42. The molecule has 2 aromatic heterocycles. The minimum atomic E-state index is -0.499. The number of nitrogens with zero attached hydrogens (tertiary/aromatic N) is 4. The molecule has 2 aromatic rings. The highest BCUT2D eigenvalue weighted by atomic mass is 32.2. The monoisotopic (exact) mass is 289 g/mol. The van der Waals surface area contributed by atoms with E-state index in [2.05, 4.69) is 20.5 Å². The molecule has 1 amide bonds. The molecule has 88 valence electrons. The molecule has 0 saturated carbocycles. The smallest absolute Gasteiger partial charge is 0.303 e. The van der Waals surface area contributed by atoms with Crippen LogP contribution in [0.5, 0.6) is 0 Å². The van der Waals surface area contributed by atoms with E-state index >= 15 is 0 Å². The topological polar surface area (TPSA) is 111 Å². The van der Waals surface area contributed by atoms with Gasteiger partial charge in [-0.2, -0.15) is 0 Å². The molecule has 0 aliphatic rings. The zero-order chi connectivity index (χ0) is 12.3. The number of hydrogen-bond donors (Lipinski definition) is 1. The van der Waals surface area contributed by atoms with Gasteiger partial charge in [0, 0.05) is 0 Å². The van der Waals surface area contributed by atoms with Crippen LogP contribution >= 0.6 is 34.4 Å². The van der Waals surface area contributed by atoms with E-state index in [-0.39, 0.29) is 5.00 Å². The molecule has 0 unspecified atom stereocenters.